The first-order chi connectivity index (χ1) is 19.5. The van der Waals surface area contributed by atoms with Crippen LogP contribution in [0, 0.1) is 27.3 Å². The number of rotatable bonds is 4. The van der Waals surface area contributed by atoms with Gasteiger partial charge in [0.25, 0.3) is 5.69 Å². The van der Waals surface area contributed by atoms with E-state index in [-0.39, 0.29) is 69.9 Å². The Morgan fingerprint density at radius 3 is 1.38 bits per heavy atom. The summed E-state index contributed by atoms with van der Waals surface area (Å²) in [6.07, 6.45) is 0. The fraction of sp³-hybridized carbons (Fsp3) is 0.200. The Morgan fingerprint density at radius 2 is 1.13 bits per heavy atom. The minimum atomic E-state index is -4.69. The number of aryl methyl sites for hydroxylation is 1. The predicted octanol–water partition coefficient (Wildman–Crippen LogP) is 4.22. The summed E-state index contributed by atoms with van der Waals surface area (Å²) in [4.78, 5) is 11.9. The minimum Gasteiger partial charge on any atom is -0.412 e. The lowest BCUT2D eigenvalue weighted by molar-refractivity contribution is -1.92. The van der Waals surface area contributed by atoms with E-state index in [0.29, 0.717) is 0 Å². The first-order valence-corrected chi connectivity index (χ1v) is 17.0. The molecule has 0 fully saturated rings. The lowest BCUT2D eigenvalue weighted by Gasteiger charge is -2.15. The summed E-state index contributed by atoms with van der Waals surface area (Å²) >= 11 is 0. The molecule has 1 unspecified atom stereocenters. The molecule has 0 aliphatic rings. The maximum absolute atomic E-state index is 11.4. The normalized spacial score (nSPS) is 8.98. The number of nitrogens with zero attached hydrogens (tertiary/aromatic N) is 2. The number of halogens is 5. The van der Waals surface area contributed by atoms with Gasteiger partial charge >= 0.3 is 0 Å². The molecule has 0 saturated carbocycles. The summed E-state index contributed by atoms with van der Waals surface area (Å²) in [5.41, 5.74) is 2.46. The SMILES string of the molecule is Br.Br.CCN(C)c1ccccc1.CP(C)(=O)c1ccccc1.Cc1ccc([N+](=O)[O-])cc1.Cl.Cl.O.Pc1ccccc1.[O-][Cl+3]([O-])([O-])O. The van der Waals surface area contributed by atoms with Gasteiger partial charge in [-0.15, -0.1) is 68.0 Å². The largest absolute Gasteiger partial charge is 0.412 e. The third kappa shape index (κ3) is 34.0. The van der Waals surface area contributed by atoms with Crippen LogP contribution in [-0.4, -0.2) is 42.0 Å². The summed E-state index contributed by atoms with van der Waals surface area (Å²) in [6.45, 7) is 8.66. The van der Waals surface area contributed by atoms with Crippen molar-refractivity contribution in [1.29, 1.82) is 0 Å². The topological polar surface area (TPSA) is 184 Å². The van der Waals surface area contributed by atoms with Crippen molar-refractivity contribution in [2.24, 2.45) is 0 Å². The van der Waals surface area contributed by atoms with Gasteiger partial charge in [-0.3, -0.25) is 10.1 Å². The molecule has 0 saturated heterocycles. The fourth-order valence-corrected chi connectivity index (χ4v) is 3.88. The number of hydrogen-bond donors (Lipinski definition) is 1. The van der Waals surface area contributed by atoms with E-state index in [1.54, 1.807) is 25.5 Å². The average molecular weight is 890 g/mol. The van der Waals surface area contributed by atoms with E-state index in [0.717, 1.165) is 17.4 Å². The highest BCUT2D eigenvalue weighted by atomic mass is 79.9. The molecular weight excluding hydrogens is 844 g/mol. The second-order valence-corrected chi connectivity index (χ2v) is 13.6. The Morgan fingerprint density at radius 1 is 0.787 bits per heavy atom. The summed E-state index contributed by atoms with van der Waals surface area (Å²) in [7, 11) is -1.99. The van der Waals surface area contributed by atoms with Crippen LogP contribution >= 0.6 is 75.2 Å². The number of non-ortho nitro benzene ring substituents is 1. The molecule has 0 spiro atoms. The number of hydrogen-bond acceptors (Lipinski definition) is 8. The highest BCUT2D eigenvalue weighted by molar-refractivity contribution is 8.93. The molecule has 4 rings (SSSR count). The molecule has 4 aromatic carbocycles. The molecule has 268 valence electrons. The Balaban J connectivity index is -0.000000111. The number of nitro groups is 1. The van der Waals surface area contributed by atoms with Crippen LogP contribution in [0.15, 0.2) is 115 Å². The monoisotopic (exact) mass is 886 g/mol. The van der Waals surface area contributed by atoms with Crippen molar-refractivity contribution in [2.75, 3.05) is 31.8 Å². The first kappa shape index (κ1) is 57.6. The van der Waals surface area contributed by atoms with Gasteiger partial charge in [-0.05, 0) is 44.6 Å². The molecule has 4 aromatic rings. The van der Waals surface area contributed by atoms with Gasteiger partial charge in [-0.2, -0.15) is 14.0 Å². The van der Waals surface area contributed by atoms with Crippen molar-refractivity contribution >= 4 is 97.1 Å². The van der Waals surface area contributed by atoms with Crippen LogP contribution in [0.2, 0.25) is 0 Å². The third-order valence-electron chi connectivity index (χ3n) is 5.09. The van der Waals surface area contributed by atoms with Crippen molar-refractivity contribution in [3.05, 3.63) is 131 Å². The molecule has 0 heterocycles. The summed E-state index contributed by atoms with van der Waals surface area (Å²) < 4.78 is 44.1. The van der Waals surface area contributed by atoms with Crippen LogP contribution < -0.4 is 29.5 Å². The van der Waals surface area contributed by atoms with E-state index in [1.165, 1.54) is 23.1 Å². The molecule has 0 amide bonds. The molecule has 0 aromatic heterocycles. The van der Waals surface area contributed by atoms with Crippen LogP contribution in [0.5, 0.6) is 0 Å². The van der Waals surface area contributed by atoms with Crippen molar-refractivity contribution < 1.29 is 43.8 Å². The number of anilines is 1. The molecule has 10 nitrogen and oxygen atoms in total. The second-order valence-electron chi connectivity index (χ2n) is 8.94. The Kier molecular flexibility index (Phi) is 38.8. The maximum atomic E-state index is 11.4. The summed E-state index contributed by atoms with van der Waals surface area (Å²) in [6, 6.07) is 36.5. The van der Waals surface area contributed by atoms with E-state index in [9.17, 15) is 14.7 Å². The van der Waals surface area contributed by atoms with Crippen LogP contribution in [0.3, 0.4) is 0 Å². The maximum Gasteiger partial charge on any atom is 0.269 e. The van der Waals surface area contributed by atoms with Crippen LogP contribution in [-0.2, 0) is 4.57 Å². The van der Waals surface area contributed by atoms with E-state index in [1.807, 2.05) is 73.7 Å². The van der Waals surface area contributed by atoms with E-state index in [2.05, 4.69) is 52.4 Å². The molecule has 47 heavy (non-hydrogen) atoms. The molecule has 3 N–H and O–H groups in total. The zero-order valence-corrected chi connectivity index (χ0v) is 34.4. The van der Waals surface area contributed by atoms with Gasteiger partial charge in [0.05, 0.1) is 19.8 Å². The van der Waals surface area contributed by atoms with E-state index >= 15 is 0 Å². The van der Waals surface area contributed by atoms with E-state index in [4.69, 9.17) is 18.6 Å². The standard InChI is InChI=1S/C9H13N.C8H11OP.C7H7NO2.C6H7P.2BrH.ClHO4.2ClH.H2O/c1-3-10(2)9-7-5-4-6-8-9;1-10(2,9)8-6-4-3-5-7-8;1-6-2-4-7(5-3-6)8(9)10;7-6-4-2-1-3-5-6;;;2-1(3,4)5;;;/h4-8H,3H2,1-2H3;3-7H,1-2H3;2-5H,1H3;1-5H,7H2;2*1H;(H,2,3,4,5);2*1H;1H2. The molecule has 1 atom stereocenters. The summed E-state index contributed by atoms with van der Waals surface area (Å²) in [5.74, 6) is 0. The quantitative estimate of drug-likeness (QED) is 0.180. The molecular formula is C30H45Br2Cl3N2O8P2. The summed E-state index contributed by atoms with van der Waals surface area (Å²) in [5, 5.41) is 12.3. The lowest BCUT2D eigenvalue weighted by atomic mass is 10.2. The smallest absolute Gasteiger partial charge is 0.269 e. The highest BCUT2D eigenvalue weighted by Gasteiger charge is 2.08. The van der Waals surface area contributed by atoms with Gasteiger partial charge in [0, 0.05) is 36.7 Å². The van der Waals surface area contributed by atoms with Crippen LogP contribution in [0.25, 0.3) is 0 Å². The number of nitro benzene ring substituents is 1. The first-order valence-electron chi connectivity index (χ1n) is 12.6. The van der Waals surface area contributed by atoms with Gasteiger partial charge < -0.3 is 14.9 Å². The number of benzene rings is 4. The predicted molar refractivity (Wildman–Crippen MR) is 206 cm³/mol. The molecule has 0 radical (unpaired) electrons. The lowest BCUT2D eigenvalue weighted by Crippen LogP contribution is -2.58. The van der Waals surface area contributed by atoms with Gasteiger partial charge in [-0.25, -0.2) is 0 Å². The van der Waals surface area contributed by atoms with Crippen LogP contribution in [0.1, 0.15) is 12.5 Å². The van der Waals surface area contributed by atoms with Crippen molar-refractivity contribution in [3.63, 3.8) is 0 Å². The van der Waals surface area contributed by atoms with Gasteiger partial charge in [0.1, 0.15) is 7.14 Å². The van der Waals surface area contributed by atoms with Crippen molar-refractivity contribution in [1.82, 2.24) is 0 Å². The average Bonchev–Trinajstić information content (AvgIpc) is 2.94. The molecule has 0 aliphatic heterocycles. The fourth-order valence-electron chi connectivity index (χ4n) is 2.77. The van der Waals surface area contributed by atoms with Crippen molar-refractivity contribution in [2.45, 2.75) is 13.8 Å². The molecule has 0 bridgehead atoms. The van der Waals surface area contributed by atoms with E-state index < -0.39 is 22.3 Å². The zero-order valence-electron chi connectivity index (χ0n) is 26.5. The second kappa shape index (κ2) is 31.6. The Labute approximate surface area is 315 Å². The zero-order chi connectivity index (χ0) is 32.2. The van der Waals surface area contributed by atoms with Gasteiger partial charge in [0.15, 0.2) is 0 Å². The van der Waals surface area contributed by atoms with Crippen molar-refractivity contribution in [3.8, 4) is 0 Å². The minimum absolute atomic E-state index is 0. The Hall–Kier alpha value is -1.63. The Bertz CT molecular complexity index is 1320. The highest BCUT2D eigenvalue weighted by Crippen LogP contribution is 2.33. The van der Waals surface area contributed by atoms with Gasteiger partial charge in [0.2, 0.25) is 0 Å². The molecule has 17 heteroatoms. The van der Waals surface area contributed by atoms with Crippen LogP contribution in [0.4, 0.5) is 11.4 Å². The van der Waals surface area contributed by atoms with Gasteiger partial charge in [-0.1, -0.05) is 96.6 Å². The number of para-hydroxylation sites is 1. The third-order valence-corrected chi connectivity index (χ3v) is 7.02. The molecule has 0 aliphatic carbocycles.